The fourth-order valence-corrected chi connectivity index (χ4v) is 3.07. The fraction of sp³-hybridized carbons (Fsp3) is 0.625. The lowest BCUT2D eigenvalue weighted by Gasteiger charge is -2.35. The predicted octanol–water partition coefficient (Wildman–Crippen LogP) is 4.16. The largest absolute Gasteiger partial charge is 0.307 e. The molecule has 1 aromatic carbocycles. The van der Waals surface area contributed by atoms with Crippen molar-refractivity contribution in [3.05, 3.63) is 35.9 Å². The first-order chi connectivity index (χ1) is 8.16. The Morgan fingerprint density at radius 2 is 1.82 bits per heavy atom. The van der Waals surface area contributed by atoms with Crippen LogP contribution in [-0.4, -0.2) is 6.04 Å². The molecule has 0 saturated heterocycles. The van der Waals surface area contributed by atoms with Gasteiger partial charge in [0.05, 0.1) is 0 Å². The molecule has 0 heterocycles. The highest BCUT2D eigenvalue weighted by molar-refractivity contribution is 5.18. The monoisotopic (exact) mass is 231 g/mol. The van der Waals surface area contributed by atoms with Crippen LogP contribution in [0.3, 0.4) is 0 Å². The minimum absolute atomic E-state index is 0.469. The van der Waals surface area contributed by atoms with Gasteiger partial charge in [-0.05, 0) is 43.6 Å². The van der Waals surface area contributed by atoms with Crippen LogP contribution in [0.1, 0.15) is 51.6 Å². The molecule has 1 fully saturated rings. The van der Waals surface area contributed by atoms with E-state index in [1.807, 2.05) is 0 Å². The smallest absolute Gasteiger partial charge is 0.0294 e. The molecular weight excluding hydrogens is 206 g/mol. The SMILES string of the molecule is CC1CCC(NC(C)c2ccccc2)C(C)C1. The van der Waals surface area contributed by atoms with Crippen LogP contribution in [0.4, 0.5) is 0 Å². The Labute approximate surface area is 106 Å². The summed E-state index contributed by atoms with van der Waals surface area (Å²) in [6.45, 7) is 7.05. The molecule has 0 radical (unpaired) electrons. The molecule has 1 heteroatoms. The Morgan fingerprint density at radius 3 is 2.47 bits per heavy atom. The molecule has 4 unspecified atom stereocenters. The second-order valence-corrected chi connectivity index (χ2v) is 5.80. The molecule has 17 heavy (non-hydrogen) atoms. The van der Waals surface area contributed by atoms with E-state index in [0.717, 1.165) is 11.8 Å². The van der Waals surface area contributed by atoms with E-state index in [4.69, 9.17) is 0 Å². The Bertz CT molecular complexity index is 333. The summed E-state index contributed by atoms with van der Waals surface area (Å²) in [5.74, 6) is 1.72. The summed E-state index contributed by atoms with van der Waals surface area (Å²) in [5.41, 5.74) is 1.40. The summed E-state index contributed by atoms with van der Waals surface area (Å²) >= 11 is 0. The van der Waals surface area contributed by atoms with Gasteiger partial charge in [0.25, 0.3) is 0 Å². The van der Waals surface area contributed by atoms with Crippen LogP contribution in [0.15, 0.2) is 30.3 Å². The van der Waals surface area contributed by atoms with Crippen molar-refractivity contribution in [2.75, 3.05) is 0 Å². The van der Waals surface area contributed by atoms with Crippen LogP contribution in [0.25, 0.3) is 0 Å². The molecule has 1 aromatic rings. The van der Waals surface area contributed by atoms with Gasteiger partial charge in [0.1, 0.15) is 0 Å². The minimum atomic E-state index is 0.469. The zero-order chi connectivity index (χ0) is 12.3. The maximum absolute atomic E-state index is 3.81. The molecule has 0 aromatic heterocycles. The standard InChI is InChI=1S/C16H25N/c1-12-9-10-16(13(2)11-12)17-14(3)15-7-5-4-6-8-15/h4-8,12-14,16-17H,9-11H2,1-3H3. The molecule has 0 bridgehead atoms. The lowest BCUT2D eigenvalue weighted by atomic mass is 9.79. The van der Waals surface area contributed by atoms with Crippen LogP contribution in [0, 0.1) is 11.8 Å². The summed E-state index contributed by atoms with van der Waals surface area (Å²) in [5, 5.41) is 3.81. The molecule has 4 atom stereocenters. The molecule has 1 N–H and O–H groups in total. The van der Waals surface area contributed by atoms with Crippen molar-refractivity contribution in [1.29, 1.82) is 0 Å². The molecule has 94 valence electrons. The maximum Gasteiger partial charge on any atom is 0.0294 e. The van der Waals surface area contributed by atoms with Gasteiger partial charge in [-0.1, -0.05) is 44.2 Å². The summed E-state index contributed by atoms with van der Waals surface area (Å²) < 4.78 is 0. The Hall–Kier alpha value is -0.820. The van der Waals surface area contributed by atoms with Crippen molar-refractivity contribution in [2.45, 2.75) is 52.1 Å². The van der Waals surface area contributed by atoms with Crippen molar-refractivity contribution >= 4 is 0 Å². The normalized spacial score (nSPS) is 31.1. The predicted molar refractivity (Wildman–Crippen MR) is 74.0 cm³/mol. The van der Waals surface area contributed by atoms with Crippen molar-refractivity contribution in [3.8, 4) is 0 Å². The van der Waals surface area contributed by atoms with Gasteiger partial charge in [-0.25, -0.2) is 0 Å². The second-order valence-electron chi connectivity index (χ2n) is 5.80. The molecule has 0 aliphatic heterocycles. The first-order valence-electron chi connectivity index (χ1n) is 6.98. The highest BCUT2D eigenvalue weighted by Crippen LogP contribution is 2.30. The van der Waals surface area contributed by atoms with Gasteiger partial charge in [0.15, 0.2) is 0 Å². The average Bonchev–Trinajstić information content (AvgIpc) is 2.34. The Balaban J connectivity index is 1.93. The third-order valence-corrected chi connectivity index (χ3v) is 4.20. The molecule has 0 spiro atoms. The zero-order valence-corrected chi connectivity index (χ0v) is 11.3. The van der Waals surface area contributed by atoms with Crippen LogP contribution < -0.4 is 5.32 Å². The number of rotatable bonds is 3. The van der Waals surface area contributed by atoms with E-state index in [9.17, 15) is 0 Å². The van der Waals surface area contributed by atoms with E-state index in [1.165, 1.54) is 24.8 Å². The van der Waals surface area contributed by atoms with Crippen molar-refractivity contribution in [2.24, 2.45) is 11.8 Å². The highest BCUT2D eigenvalue weighted by atomic mass is 15.0. The van der Waals surface area contributed by atoms with Gasteiger partial charge < -0.3 is 5.32 Å². The van der Waals surface area contributed by atoms with Gasteiger partial charge in [-0.3, -0.25) is 0 Å². The molecule has 0 amide bonds. The molecule has 1 saturated carbocycles. The maximum atomic E-state index is 3.81. The van der Waals surface area contributed by atoms with Crippen molar-refractivity contribution in [1.82, 2.24) is 5.32 Å². The van der Waals surface area contributed by atoms with Crippen LogP contribution >= 0.6 is 0 Å². The molecule has 2 rings (SSSR count). The second kappa shape index (κ2) is 5.68. The van der Waals surface area contributed by atoms with Gasteiger partial charge in [0, 0.05) is 12.1 Å². The first-order valence-corrected chi connectivity index (χ1v) is 6.98. The number of nitrogens with one attached hydrogen (secondary N) is 1. The average molecular weight is 231 g/mol. The quantitative estimate of drug-likeness (QED) is 0.823. The minimum Gasteiger partial charge on any atom is -0.307 e. The van der Waals surface area contributed by atoms with Crippen LogP contribution in [0.5, 0.6) is 0 Å². The first kappa shape index (κ1) is 12.6. The van der Waals surface area contributed by atoms with Gasteiger partial charge in [-0.2, -0.15) is 0 Å². The van der Waals surface area contributed by atoms with E-state index in [-0.39, 0.29) is 0 Å². The third-order valence-electron chi connectivity index (χ3n) is 4.20. The lowest BCUT2D eigenvalue weighted by molar-refractivity contribution is 0.216. The number of benzene rings is 1. The van der Waals surface area contributed by atoms with Crippen molar-refractivity contribution < 1.29 is 0 Å². The van der Waals surface area contributed by atoms with Crippen molar-refractivity contribution in [3.63, 3.8) is 0 Å². The van der Waals surface area contributed by atoms with Gasteiger partial charge >= 0.3 is 0 Å². The lowest BCUT2D eigenvalue weighted by Crippen LogP contribution is -2.40. The fourth-order valence-electron chi connectivity index (χ4n) is 3.07. The van der Waals surface area contributed by atoms with E-state index in [0.29, 0.717) is 12.1 Å². The summed E-state index contributed by atoms with van der Waals surface area (Å²) in [4.78, 5) is 0. The van der Waals surface area contributed by atoms with Gasteiger partial charge in [-0.15, -0.1) is 0 Å². The highest BCUT2D eigenvalue weighted by Gasteiger charge is 2.26. The summed E-state index contributed by atoms with van der Waals surface area (Å²) in [7, 11) is 0. The Kier molecular flexibility index (Phi) is 4.22. The van der Waals surface area contributed by atoms with Gasteiger partial charge in [0.2, 0.25) is 0 Å². The van der Waals surface area contributed by atoms with E-state index in [1.54, 1.807) is 0 Å². The topological polar surface area (TPSA) is 12.0 Å². The third kappa shape index (κ3) is 3.32. The zero-order valence-electron chi connectivity index (χ0n) is 11.3. The number of hydrogen-bond acceptors (Lipinski definition) is 1. The molecule has 1 aliphatic carbocycles. The summed E-state index contributed by atoms with van der Waals surface area (Å²) in [6.07, 6.45) is 4.09. The van der Waals surface area contributed by atoms with E-state index < -0.39 is 0 Å². The van der Waals surface area contributed by atoms with E-state index >= 15 is 0 Å². The molecule has 1 aliphatic rings. The summed E-state index contributed by atoms with van der Waals surface area (Å²) in [6, 6.07) is 11.9. The van der Waals surface area contributed by atoms with E-state index in [2.05, 4.69) is 56.4 Å². The Morgan fingerprint density at radius 1 is 1.12 bits per heavy atom. The molecule has 1 nitrogen and oxygen atoms in total. The van der Waals surface area contributed by atoms with Crippen LogP contribution in [-0.2, 0) is 0 Å². The van der Waals surface area contributed by atoms with Crippen LogP contribution in [0.2, 0.25) is 0 Å². The number of hydrogen-bond donors (Lipinski definition) is 1. The molecular formula is C16H25N.